The second kappa shape index (κ2) is 21.6. The van der Waals surface area contributed by atoms with Crippen molar-refractivity contribution in [3.63, 3.8) is 0 Å². The lowest BCUT2D eigenvalue weighted by atomic mass is 10.3. The average molecular weight is 860 g/mol. The van der Waals surface area contributed by atoms with Crippen molar-refractivity contribution in [3.05, 3.63) is 146 Å². The Bertz CT molecular complexity index is 2100. The zero-order valence-electron chi connectivity index (χ0n) is 33.0. The maximum absolute atomic E-state index is 6.75. The van der Waals surface area contributed by atoms with E-state index in [1.807, 2.05) is 0 Å². The summed E-state index contributed by atoms with van der Waals surface area (Å²) in [7, 11) is 2.69. The number of benzene rings is 6. The minimum atomic E-state index is -2.33. The maximum Gasteiger partial charge on any atom is 0.676 e. The largest absolute Gasteiger partial charge is 0.676 e. The second-order valence-corrected chi connectivity index (χ2v) is 15.8. The number of hydrogen-bond acceptors (Lipinski definition) is 14. The molecule has 0 saturated carbocycles. The highest BCUT2D eigenvalue weighted by molar-refractivity contribution is 7.65. The van der Waals surface area contributed by atoms with Crippen LogP contribution in [-0.2, 0) is 0 Å². The molecule has 1 atom stereocenters. The monoisotopic (exact) mass is 859 g/mol. The first-order valence-electron chi connectivity index (χ1n) is 17.7. The van der Waals surface area contributed by atoms with Gasteiger partial charge in [-0.2, -0.15) is 0 Å². The van der Waals surface area contributed by atoms with Crippen LogP contribution < -0.4 is 55.9 Å². The molecule has 0 aliphatic rings. The Balaban J connectivity index is 1.51. The molecule has 0 aliphatic carbocycles. The van der Waals surface area contributed by atoms with Crippen LogP contribution in [0.25, 0.3) is 0 Å². The normalized spacial score (nSPS) is 11.1. The molecule has 6 rings (SSSR count). The van der Waals surface area contributed by atoms with E-state index in [2.05, 4.69) is 0 Å². The second-order valence-electron chi connectivity index (χ2n) is 11.7. The molecule has 0 fully saturated rings. The fraction of sp³-hybridized carbons (Fsp3) is 0.143. The van der Waals surface area contributed by atoms with Gasteiger partial charge in [-0.25, -0.2) is 9.05 Å². The molecular weight excluding hydrogens is 817 g/mol. The Morgan fingerprint density at radius 1 is 0.339 bits per heavy atom. The fourth-order valence-corrected chi connectivity index (χ4v) is 9.28. The van der Waals surface area contributed by atoms with Crippen LogP contribution in [0.4, 0.5) is 0 Å². The van der Waals surface area contributed by atoms with Gasteiger partial charge in [0.25, 0.3) is 0 Å². The number of methoxy groups -OCH3 is 6. The zero-order chi connectivity index (χ0) is 41.4. The molecule has 0 amide bonds. The summed E-state index contributed by atoms with van der Waals surface area (Å²) in [5.41, 5.74) is 0. The van der Waals surface area contributed by atoms with Crippen molar-refractivity contribution in [3.8, 4) is 69.0 Å². The third-order valence-corrected chi connectivity index (χ3v) is 12.6. The summed E-state index contributed by atoms with van der Waals surface area (Å²) < 4.78 is 72.0. The third kappa shape index (κ3) is 12.4. The van der Waals surface area contributed by atoms with Crippen molar-refractivity contribution >= 4 is 25.1 Å². The smallest absolute Gasteiger partial charge is 0.497 e. The minimum Gasteiger partial charge on any atom is -0.497 e. The molecule has 0 saturated heterocycles. The molecule has 1 unspecified atom stereocenters. The average Bonchev–Trinajstić information content (AvgIpc) is 3.29. The predicted molar refractivity (Wildman–Crippen MR) is 227 cm³/mol. The lowest BCUT2D eigenvalue weighted by molar-refractivity contribution is 0.108. The van der Waals surface area contributed by atoms with E-state index in [0.29, 0.717) is 69.0 Å². The van der Waals surface area contributed by atoms with Gasteiger partial charge in [-0.1, -0.05) is 0 Å². The molecule has 0 radical (unpaired) electrons. The van der Waals surface area contributed by atoms with Crippen molar-refractivity contribution < 1.29 is 55.9 Å². The summed E-state index contributed by atoms with van der Waals surface area (Å²) in [6, 6.07) is 42.3. The van der Waals surface area contributed by atoms with Gasteiger partial charge in [0, 0.05) is 4.60 Å². The van der Waals surface area contributed by atoms with E-state index in [4.69, 9.17) is 60.4 Å². The molecule has 59 heavy (non-hydrogen) atoms. The highest BCUT2D eigenvalue weighted by Crippen LogP contribution is 2.61. The molecule has 0 spiro atoms. The molecule has 6 aromatic carbocycles. The van der Waals surface area contributed by atoms with Crippen molar-refractivity contribution in [1.82, 2.24) is 4.60 Å². The van der Waals surface area contributed by atoms with Crippen LogP contribution in [0.2, 0.25) is 0 Å². The van der Waals surface area contributed by atoms with Gasteiger partial charge in [0.05, 0.1) is 47.2 Å². The number of hydrogen-bond donors (Lipinski definition) is 0. The van der Waals surface area contributed by atoms with Gasteiger partial charge in [-0.15, -0.1) is 0 Å². The van der Waals surface area contributed by atoms with E-state index in [1.165, 1.54) is 4.60 Å². The van der Waals surface area contributed by atoms with Crippen LogP contribution in [-0.4, -0.2) is 47.3 Å². The number of nitrogens with zero attached hydrogens (tertiary/aromatic N) is 2. The van der Waals surface area contributed by atoms with E-state index in [-0.39, 0.29) is 0 Å². The zero-order valence-corrected chi connectivity index (χ0v) is 35.7. The van der Waals surface area contributed by atoms with Crippen LogP contribution in [0.15, 0.2) is 150 Å². The Morgan fingerprint density at radius 2 is 0.593 bits per heavy atom. The van der Waals surface area contributed by atoms with Crippen LogP contribution in [0.3, 0.4) is 0 Å². The standard InChI is InChI=1S/C42H42N2O12P3/c1-45-31-7-19-37(20-8-31)51-44(59(55-41-27-15-35(49-5)16-28-41)56-42-29-17-36(50-6)18-30-42)57(52-38-21-9-32(46-2)10-22-38)43-58(53-39-23-11-33(47-3)12-24-39)54-40-25-13-34(48-4)14-26-40/h7-30H,1-6H3/q+1. The van der Waals surface area contributed by atoms with Crippen LogP contribution in [0, 0.1) is 0 Å². The highest BCUT2D eigenvalue weighted by Gasteiger charge is 2.44. The molecular formula is C42H42N2O12P3+. The number of ether oxygens (including phenoxy) is 6. The summed E-state index contributed by atoms with van der Waals surface area (Å²) in [6.07, 6.45) is 0. The first kappa shape index (κ1) is 42.4. The quantitative estimate of drug-likeness (QED) is 0.0504. The highest BCUT2D eigenvalue weighted by atomic mass is 31.2. The lowest BCUT2D eigenvalue weighted by Crippen LogP contribution is -2.23. The Morgan fingerprint density at radius 3 is 0.898 bits per heavy atom. The molecule has 0 bridgehead atoms. The van der Waals surface area contributed by atoms with Gasteiger partial charge in [-0.3, -0.25) is 0 Å². The molecule has 0 aromatic heterocycles. The van der Waals surface area contributed by atoms with E-state index in [1.54, 1.807) is 188 Å². The molecule has 0 aliphatic heterocycles. The van der Waals surface area contributed by atoms with Crippen molar-refractivity contribution in [2.45, 2.75) is 0 Å². The van der Waals surface area contributed by atoms with Crippen LogP contribution in [0.5, 0.6) is 69.0 Å². The van der Waals surface area contributed by atoms with Gasteiger partial charge < -0.3 is 46.8 Å². The van der Waals surface area contributed by atoms with Crippen molar-refractivity contribution in [1.29, 1.82) is 0 Å². The van der Waals surface area contributed by atoms with Crippen LogP contribution in [0.1, 0.15) is 0 Å². The molecule has 306 valence electrons. The number of rotatable bonds is 21. The van der Waals surface area contributed by atoms with Gasteiger partial charge in [-0.05, 0) is 146 Å². The Hall–Kier alpha value is -6.16. The van der Waals surface area contributed by atoms with Gasteiger partial charge >= 0.3 is 25.1 Å². The van der Waals surface area contributed by atoms with Gasteiger partial charge in [0.15, 0.2) is 11.5 Å². The topological polar surface area (TPSA) is 126 Å². The van der Waals surface area contributed by atoms with Crippen molar-refractivity contribution in [2.24, 2.45) is 4.52 Å². The summed E-state index contributed by atoms with van der Waals surface area (Å²) >= 11 is 0. The predicted octanol–water partition coefficient (Wildman–Crippen LogP) is 11.7. The van der Waals surface area contributed by atoms with E-state index < -0.39 is 25.1 Å². The third-order valence-electron chi connectivity index (χ3n) is 7.90. The summed E-state index contributed by atoms with van der Waals surface area (Å²) in [6.45, 7) is 0. The molecule has 17 heteroatoms. The lowest BCUT2D eigenvalue weighted by Gasteiger charge is -2.29. The summed E-state index contributed by atoms with van der Waals surface area (Å²) in [5, 5.41) is 0. The summed E-state index contributed by atoms with van der Waals surface area (Å²) in [4.78, 5) is 6.71. The van der Waals surface area contributed by atoms with Gasteiger partial charge in [0.1, 0.15) is 57.5 Å². The molecule has 0 N–H and O–H groups in total. The minimum absolute atomic E-state index is 0.396. The fourth-order valence-electron chi connectivity index (χ4n) is 4.79. The van der Waals surface area contributed by atoms with E-state index in [0.717, 1.165) is 0 Å². The van der Waals surface area contributed by atoms with Crippen molar-refractivity contribution in [2.75, 3.05) is 42.7 Å². The van der Waals surface area contributed by atoms with E-state index in [9.17, 15) is 0 Å². The maximum atomic E-state index is 6.75. The first-order valence-corrected chi connectivity index (χ1v) is 21.1. The molecule has 14 nitrogen and oxygen atoms in total. The summed E-state index contributed by atoms with van der Waals surface area (Å²) in [5.74, 6) is 6.47. The Kier molecular flexibility index (Phi) is 15.5. The van der Waals surface area contributed by atoms with Crippen LogP contribution >= 0.6 is 25.1 Å². The SMILES string of the molecule is COc1ccc(ON(P(N=[P+](Oc2ccc(OC)cc2)Oc2ccc(OC)cc2)Oc2ccc(OC)cc2)P(Oc2ccc(OC)cc2)Oc2ccc(OC)cc2)cc1. The van der Waals surface area contributed by atoms with Gasteiger partial charge in [0.2, 0.25) is 0 Å². The molecule has 6 aromatic rings. The Labute approximate surface area is 346 Å². The molecule has 0 heterocycles. The van der Waals surface area contributed by atoms with E-state index >= 15 is 0 Å². The first-order chi connectivity index (χ1) is 28.9.